The summed E-state index contributed by atoms with van der Waals surface area (Å²) < 4.78 is 0. The molecule has 4 nitrogen and oxygen atoms in total. The molecular formula is C11H16ClN3O. The molecular weight excluding hydrogens is 226 g/mol. The molecule has 1 aromatic rings. The second kappa shape index (κ2) is 4.61. The number of rotatable bonds is 4. The second-order valence-electron chi connectivity index (χ2n) is 4.31. The third kappa shape index (κ3) is 2.79. The minimum atomic E-state index is -0.647. The molecule has 0 aliphatic rings. The number of nitrogens with two attached hydrogens (primary N) is 2. The van der Waals surface area contributed by atoms with E-state index in [0.717, 1.165) is 0 Å². The van der Waals surface area contributed by atoms with Crippen LogP contribution in [-0.4, -0.2) is 12.5 Å². The van der Waals surface area contributed by atoms with Crippen LogP contribution < -0.4 is 16.8 Å². The van der Waals surface area contributed by atoms with Crippen LogP contribution in [0.3, 0.4) is 0 Å². The Morgan fingerprint density at radius 1 is 1.50 bits per heavy atom. The minimum Gasteiger partial charge on any atom is -0.397 e. The fourth-order valence-corrected chi connectivity index (χ4v) is 1.37. The van der Waals surface area contributed by atoms with Crippen molar-refractivity contribution in [2.45, 2.75) is 13.8 Å². The maximum atomic E-state index is 11.1. The summed E-state index contributed by atoms with van der Waals surface area (Å²) in [7, 11) is 0. The number of para-hydroxylation sites is 1. The van der Waals surface area contributed by atoms with Crippen molar-refractivity contribution in [3.05, 3.63) is 23.2 Å². The number of halogens is 1. The molecule has 0 bridgehead atoms. The number of amides is 1. The second-order valence-corrected chi connectivity index (χ2v) is 4.71. The Balaban J connectivity index is 2.79. The highest BCUT2D eigenvalue weighted by Gasteiger charge is 2.25. The van der Waals surface area contributed by atoms with Crippen molar-refractivity contribution in [2.24, 2.45) is 11.1 Å². The van der Waals surface area contributed by atoms with Crippen molar-refractivity contribution < 1.29 is 4.79 Å². The van der Waals surface area contributed by atoms with E-state index in [9.17, 15) is 4.79 Å². The number of hydrogen-bond acceptors (Lipinski definition) is 3. The van der Waals surface area contributed by atoms with Gasteiger partial charge in [-0.25, -0.2) is 0 Å². The van der Waals surface area contributed by atoms with Crippen molar-refractivity contribution >= 4 is 28.9 Å². The van der Waals surface area contributed by atoms with E-state index in [1.165, 1.54) is 0 Å². The lowest BCUT2D eigenvalue weighted by molar-refractivity contribution is -0.125. The smallest absolute Gasteiger partial charge is 0.224 e. The van der Waals surface area contributed by atoms with Gasteiger partial charge in [0.25, 0.3) is 0 Å². The summed E-state index contributed by atoms with van der Waals surface area (Å²) in [5.41, 5.74) is 11.6. The van der Waals surface area contributed by atoms with Gasteiger partial charge in [0.05, 0.1) is 21.8 Å². The third-order valence-corrected chi connectivity index (χ3v) is 2.73. The van der Waals surface area contributed by atoms with Crippen LogP contribution in [0.5, 0.6) is 0 Å². The van der Waals surface area contributed by atoms with Crippen LogP contribution in [0.1, 0.15) is 13.8 Å². The molecule has 5 N–H and O–H groups in total. The van der Waals surface area contributed by atoms with Gasteiger partial charge in [-0.1, -0.05) is 17.7 Å². The van der Waals surface area contributed by atoms with E-state index in [1.54, 1.807) is 32.0 Å². The molecule has 0 aliphatic heterocycles. The van der Waals surface area contributed by atoms with Crippen LogP contribution in [0.25, 0.3) is 0 Å². The summed E-state index contributed by atoms with van der Waals surface area (Å²) in [6.45, 7) is 3.90. The van der Waals surface area contributed by atoms with Gasteiger partial charge in [-0.05, 0) is 26.0 Å². The first-order valence-corrected chi connectivity index (χ1v) is 5.30. The lowest BCUT2D eigenvalue weighted by Crippen LogP contribution is -2.37. The van der Waals surface area contributed by atoms with E-state index in [2.05, 4.69) is 5.32 Å². The van der Waals surface area contributed by atoms with Crippen LogP contribution in [0, 0.1) is 5.41 Å². The molecule has 1 amide bonds. The first-order valence-electron chi connectivity index (χ1n) is 4.92. The Labute approximate surface area is 100.0 Å². The van der Waals surface area contributed by atoms with E-state index >= 15 is 0 Å². The van der Waals surface area contributed by atoms with Crippen LogP contribution in [0.15, 0.2) is 18.2 Å². The standard InChI is InChI=1S/C11H16ClN3O/c1-11(2,10(14)16)6-15-9-7(12)4-3-5-8(9)13/h3-5,15H,6,13H2,1-2H3,(H2,14,16). The molecule has 5 heteroatoms. The fraction of sp³-hybridized carbons (Fsp3) is 0.364. The molecule has 0 aromatic heterocycles. The molecule has 16 heavy (non-hydrogen) atoms. The van der Waals surface area contributed by atoms with E-state index < -0.39 is 5.41 Å². The number of carbonyl (C=O) groups excluding carboxylic acids is 1. The van der Waals surface area contributed by atoms with Crippen molar-refractivity contribution in [3.8, 4) is 0 Å². The Morgan fingerprint density at radius 3 is 2.62 bits per heavy atom. The molecule has 88 valence electrons. The first-order chi connectivity index (χ1) is 7.34. The topological polar surface area (TPSA) is 81.1 Å². The number of anilines is 2. The summed E-state index contributed by atoms with van der Waals surface area (Å²) in [5, 5.41) is 3.57. The zero-order chi connectivity index (χ0) is 12.3. The lowest BCUT2D eigenvalue weighted by atomic mass is 9.92. The van der Waals surface area contributed by atoms with Crippen molar-refractivity contribution in [1.29, 1.82) is 0 Å². The molecule has 0 saturated heterocycles. The molecule has 0 unspecified atom stereocenters. The predicted molar refractivity (Wildman–Crippen MR) is 67.3 cm³/mol. The minimum absolute atomic E-state index is 0.370. The molecule has 1 rings (SSSR count). The Kier molecular flexibility index (Phi) is 3.65. The maximum Gasteiger partial charge on any atom is 0.224 e. The van der Waals surface area contributed by atoms with Crippen molar-refractivity contribution in [3.63, 3.8) is 0 Å². The van der Waals surface area contributed by atoms with Crippen LogP contribution in [0.4, 0.5) is 11.4 Å². The average Bonchev–Trinajstić information content (AvgIpc) is 2.16. The molecule has 0 saturated carbocycles. The molecule has 1 aromatic carbocycles. The van der Waals surface area contributed by atoms with E-state index in [4.69, 9.17) is 23.1 Å². The van der Waals surface area contributed by atoms with Crippen LogP contribution >= 0.6 is 11.6 Å². The number of benzene rings is 1. The molecule has 0 fully saturated rings. The van der Waals surface area contributed by atoms with Gasteiger partial charge in [-0.2, -0.15) is 0 Å². The maximum absolute atomic E-state index is 11.1. The summed E-state index contributed by atoms with van der Waals surface area (Å²) in [4.78, 5) is 11.1. The summed E-state index contributed by atoms with van der Waals surface area (Å²) in [6.07, 6.45) is 0. The van der Waals surface area contributed by atoms with Gasteiger partial charge in [0.1, 0.15) is 0 Å². The predicted octanol–water partition coefficient (Wildman–Crippen LogP) is 1.85. The van der Waals surface area contributed by atoms with Crippen molar-refractivity contribution in [1.82, 2.24) is 0 Å². The highest BCUT2D eigenvalue weighted by Crippen LogP contribution is 2.29. The third-order valence-electron chi connectivity index (χ3n) is 2.42. The number of nitrogens with one attached hydrogen (secondary N) is 1. The normalized spacial score (nSPS) is 11.2. The highest BCUT2D eigenvalue weighted by atomic mass is 35.5. The van der Waals surface area contributed by atoms with Gasteiger partial charge >= 0.3 is 0 Å². The van der Waals surface area contributed by atoms with E-state index in [0.29, 0.717) is 22.9 Å². The zero-order valence-corrected chi connectivity index (χ0v) is 10.1. The van der Waals surface area contributed by atoms with E-state index in [1.807, 2.05) is 0 Å². The quantitative estimate of drug-likeness (QED) is 0.704. The summed E-state index contributed by atoms with van der Waals surface area (Å²) in [5.74, 6) is -0.370. The van der Waals surface area contributed by atoms with E-state index in [-0.39, 0.29) is 5.91 Å². The van der Waals surface area contributed by atoms with Crippen LogP contribution in [0.2, 0.25) is 5.02 Å². The van der Waals surface area contributed by atoms with Gasteiger partial charge in [-0.15, -0.1) is 0 Å². The largest absolute Gasteiger partial charge is 0.397 e. The van der Waals surface area contributed by atoms with Gasteiger partial charge < -0.3 is 16.8 Å². The fourth-order valence-electron chi connectivity index (χ4n) is 1.12. The number of nitrogen functional groups attached to an aromatic ring is 1. The number of hydrogen-bond donors (Lipinski definition) is 3. The number of primary amides is 1. The molecule has 0 spiro atoms. The van der Waals surface area contributed by atoms with Gasteiger partial charge in [0, 0.05) is 6.54 Å². The number of carbonyl (C=O) groups is 1. The van der Waals surface area contributed by atoms with Crippen molar-refractivity contribution in [2.75, 3.05) is 17.6 Å². The van der Waals surface area contributed by atoms with Gasteiger partial charge in [0.15, 0.2) is 0 Å². The first kappa shape index (κ1) is 12.6. The Bertz CT molecular complexity index is 384. The average molecular weight is 242 g/mol. The summed E-state index contributed by atoms with van der Waals surface area (Å²) in [6, 6.07) is 5.24. The zero-order valence-electron chi connectivity index (χ0n) is 9.38. The van der Waals surface area contributed by atoms with Crippen LogP contribution in [-0.2, 0) is 4.79 Å². The summed E-state index contributed by atoms with van der Waals surface area (Å²) >= 11 is 5.98. The van der Waals surface area contributed by atoms with Gasteiger partial charge in [-0.3, -0.25) is 4.79 Å². The molecule has 0 aliphatic carbocycles. The lowest BCUT2D eigenvalue weighted by Gasteiger charge is -2.22. The monoisotopic (exact) mass is 241 g/mol. The Hall–Kier alpha value is -1.42. The SMILES string of the molecule is CC(C)(CNc1c(N)cccc1Cl)C(N)=O. The molecule has 0 heterocycles. The van der Waals surface area contributed by atoms with Gasteiger partial charge in [0.2, 0.25) is 5.91 Å². The molecule has 0 atom stereocenters. The highest BCUT2D eigenvalue weighted by molar-refractivity contribution is 6.33. The Morgan fingerprint density at radius 2 is 2.12 bits per heavy atom. The molecule has 0 radical (unpaired) electrons.